The van der Waals surface area contributed by atoms with Crippen molar-refractivity contribution in [3.05, 3.63) is 51.5 Å². The molecule has 0 unspecified atom stereocenters. The summed E-state index contributed by atoms with van der Waals surface area (Å²) in [5.41, 5.74) is 4.55. The summed E-state index contributed by atoms with van der Waals surface area (Å²) in [5.74, 6) is 2.15. The Morgan fingerprint density at radius 3 is 2.23 bits per heavy atom. The maximum Gasteiger partial charge on any atom is 0.179 e. The lowest BCUT2D eigenvalue weighted by Crippen LogP contribution is -2.12. The zero-order chi connectivity index (χ0) is 19.1. The lowest BCUT2D eigenvalue weighted by Gasteiger charge is -2.17. The van der Waals surface area contributed by atoms with Crippen molar-refractivity contribution >= 4 is 11.6 Å². The SMILES string of the molecule is CCOc1cc(CNC)cc(Cl)c1OCCOc1c(C)ccc(C)c1C. The fraction of sp³-hybridized carbons (Fsp3) is 0.429. The first-order valence-electron chi connectivity index (χ1n) is 8.90. The molecule has 0 bridgehead atoms. The molecule has 0 saturated heterocycles. The molecule has 0 aliphatic carbocycles. The molecule has 0 radical (unpaired) electrons. The molecule has 0 aliphatic heterocycles. The van der Waals surface area contributed by atoms with E-state index >= 15 is 0 Å². The second-order valence-corrected chi connectivity index (χ2v) is 6.63. The third-order valence-electron chi connectivity index (χ3n) is 4.20. The highest BCUT2D eigenvalue weighted by atomic mass is 35.5. The Bertz CT molecular complexity index is 747. The van der Waals surface area contributed by atoms with Gasteiger partial charge in [-0.25, -0.2) is 0 Å². The molecule has 0 fully saturated rings. The molecule has 0 heterocycles. The van der Waals surface area contributed by atoms with Gasteiger partial charge in [0.05, 0.1) is 11.6 Å². The molecule has 2 aromatic carbocycles. The van der Waals surface area contributed by atoms with Gasteiger partial charge in [-0.05, 0) is 69.1 Å². The van der Waals surface area contributed by atoms with Crippen LogP contribution in [0.25, 0.3) is 0 Å². The van der Waals surface area contributed by atoms with Crippen LogP contribution >= 0.6 is 11.6 Å². The van der Waals surface area contributed by atoms with Crippen LogP contribution in [0.5, 0.6) is 17.2 Å². The van der Waals surface area contributed by atoms with E-state index in [1.54, 1.807) is 0 Å². The van der Waals surface area contributed by atoms with Crippen LogP contribution in [-0.2, 0) is 6.54 Å². The average molecular weight is 378 g/mol. The van der Waals surface area contributed by atoms with Gasteiger partial charge in [0.25, 0.3) is 0 Å². The van der Waals surface area contributed by atoms with E-state index in [1.807, 2.05) is 33.0 Å². The van der Waals surface area contributed by atoms with Crippen molar-refractivity contribution in [1.82, 2.24) is 5.32 Å². The quantitative estimate of drug-likeness (QED) is 0.634. The van der Waals surface area contributed by atoms with Crippen LogP contribution in [0.3, 0.4) is 0 Å². The summed E-state index contributed by atoms with van der Waals surface area (Å²) in [4.78, 5) is 0. The van der Waals surface area contributed by atoms with Crippen molar-refractivity contribution in [2.75, 3.05) is 26.9 Å². The predicted octanol–water partition coefficient (Wildman–Crippen LogP) is 4.84. The molecule has 0 spiro atoms. The van der Waals surface area contributed by atoms with E-state index in [-0.39, 0.29) is 0 Å². The van der Waals surface area contributed by atoms with E-state index in [9.17, 15) is 0 Å². The van der Waals surface area contributed by atoms with E-state index in [2.05, 4.69) is 31.3 Å². The van der Waals surface area contributed by atoms with Crippen LogP contribution in [0.2, 0.25) is 5.02 Å². The number of halogens is 1. The van der Waals surface area contributed by atoms with Gasteiger partial charge in [0, 0.05) is 6.54 Å². The van der Waals surface area contributed by atoms with E-state index in [0.717, 1.165) is 29.0 Å². The molecule has 1 N–H and O–H groups in total. The molecule has 142 valence electrons. The second kappa shape index (κ2) is 9.70. The molecule has 0 aromatic heterocycles. The molecule has 0 amide bonds. The predicted molar refractivity (Wildman–Crippen MR) is 107 cm³/mol. The fourth-order valence-electron chi connectivity index (χ4n) is 2.77. The fourth-order valence-corrected chi connectivity index (χ4v) is 3.05. The van der Waals surface area contributed by atoms with Gasteiger partial charge in [0.1, 0.15) is 19.0 Å². The third-order valence-corrected chi connectivity index (χ3v) is 4.48. The van der Waals surface area contributed by atoms with Crippen LogP contribution in [0.4, 0.5) is 0 Å². The Hall–Kier alpha value is -1.91. The van der Waals surface area contributed by atoms with E-state index < -0.39 is 0 Å². The maximum atomic E-state index is 6.40. The Labute approximate surface area is 161 Å². The van der Waals surface area contributed by atoms with Crippen molar-refractivity contribution < 1.29 is 14.2 Å². The number of hydrogen-bond acceptors (Lipinski definition) is 4. The van der Waals surface area contributed by atoms with Crippen LogP contribution in [0.1, 0.15) is 29.2 Å². The zero-order valence-electron chi connectivity index (χ0n) is 16.2. The highest BCUT2D eigenvalue weighted by Crippen LogP contribution is 2.36. The number of nitrogens with one attached hydrogen (secondary N) is 1. The summed E-state index contributed by atoms with van der Waals surface area (Å²) in [5, 5.41) is 3.66. The minimum absolute atomic E-state index is 0.387. The zero-order valence-corrected chi connectivity index (χ0v) is 17.0. The molecule has 5 heteroatoms. The lowest BCUT2D eigenvalue weighted by molar-refractivity contribution is 0.207. The van der Waals surface area contributed by atoms with Crippen molar-refractivity contribution in [2.24, 2.45) is 0 Å². The Morgan fingerprint density at radius 2 is 1.58 bits per heavy atom. The number of ether oxygens (including phenoxy) is 3. The van der Waals surface area contributed by atoms with Gasteiger partial charge < -0.3 is 19.5 Å². The highest BCUT2D eigenvalue weighted by Gasteiger charge is 2.13. The normalized spacial score (nSPS) is 10.7. The Balaban J connectivity index is 2.04. The number of aryl methyl sites for hydroxylation is 2. The molecule has 0 aliphatic rings. The minimum atomic E-state index is 0.387. The van der Waals surface area contributed by atoms with Crippen molar-refractivity contribution in [1.29, 1.82) is 0 Å². The van der Waals surface area contributed by atoms with Gasteiger partial charge in [-0.3, -0.25) is 0 Å². The van der Waals surface area contributed by atoms with Crippen molar-refractivity contribution in [3.63, 3.8) is 0 Å². The minimum Gasteiger partial charge on any atom is -0.490 e. The van der Waals surface area contributed by atoms with E-state index in [0.29, 0.717) is 36.3 Å². The summed E-state index contributed by atoms with van der Waals surface area (Å²) in [6.45, 7) is 10.2. The molecule has 26 heavy (non-hydrogen) atoms. The smallest absolute Gasteiger partial charge is 0.179 e. The van der Waals surface area contributed by atoms with Crippen LogP contribution in [-0.4, -0.2) is 26.9 Å². The highest BCUT2D eigenvalue weighted by molar-refractivity contribution is 6.32. The number of rotatable bonds is 9. The van der Waals surface area contributed by atoms with Crippen molar-refractivity contribution in [3.8, 4) is 17.2 Å². The largest absolute Gasteiger partial charge is 0.490 e. The Morgan fingerprint density at radius 1 is 0.923 bits per heavy atom. The molecular weight excluding hydrogens is 350 g/mol. The van der Waals surface area contributed by atoms with Gasteiger partial charge in [-0.1, -0.05) is 23.7 Å². The summed E-state index contributed by atoms with van der Waals surface area (Å²) in [6.07, 6.45) is 0. The van der Waals surface area contributed by atoms with Crippen LogP contribution < -0.4 is 19.5 Å². The van der Waals surface area contributed by atoms with Gasteiger partial charge in [0.15, 0.2) is 11.5 Å². The summed E-state index contributed by atoms with van der Waals surface area (Å²) in [6, 6.07) is 8.03. The topological polar surface area (TPSA) is 39.7 Å². The molecule has 0 atom stereocenters. The number of benzene rings is 2. The molecule has 0 saturated carbocycles. The summed E-state index contributed by atoms with van der Waals surface area (Å²) in [7, 11) is 1.89. The average Bonchev–Trinajstić information content (AvgIpc) is 2.60. The lowest BCUT2D eigenvalue weighted by atomic mass is 10.1. The first kappa shape index (κ1) is 20.4. The van der Waals surface area contributed by atoms with Crippen LogP contribution in [0, 0.1) is 20.8 Å². The standard InChI is InChI=1S/C21H28ClNO3/c1-6-24-19-12-17(13-23-5)11-18(22)21(19)26-10-9-25-20-15(3)8-7-14(2)16(20)4/h7-8,11-12,23H,6,9-10,13H2,1-5H3. The first-order chi connectivity index (χ1) is 12.5. The van der Waals surface area contributed by atoms with Gasteiger partial charge in [-0.15, -0.1) is 0 Å². The first-order valence-corrected chi connectivity index (χ1v) is 9.27. The van der Waals surface area contributed by atoms with Gasteiger partial charge >= 0.3 is 0 Å². The van der Waals surface area contributed by atoms with Gasteiger partial charge in [-0.2, -0.15) is 0 Å². The molecule has 4 nitrogen and oxygen atoms in total. The van der Waals surface area contributed by atoms with Gasteiger partial charge in [0.2, 0.25) is 0 Å². The van der Waals surface area contributed by atoms with Crippen LogP contribution in [0.15, 0.2) is 24.3 Å². The monoisotopic (exact) mass is 377 g/mol. The number of hydrogen-bond donors (Lipinski definition) is 1. The molecule has 2 aromatic rings. The second-order valence-electron chi connectivity index (χ2n) is 6.22. The van der Waals surface area contributed by atoms with Crippen molar-refractivity contribution in [2.45, 2.75) is 34.2 Å². The summed E-state index contributed by atoms with van der Waals surface area (Å²) >= 11 is 6.40. The third kappa shape index (κ3) is 5.05. The summed E-state index contributed by atoms with van der Waals surface area (Å²) < 4.78 is 17.5. The van der Waals surface area contributed by atoms with E-state index in [1.165, 1.54) is 5.56 Å². The maximum absolute atomic E-state index is 6.40. The van der Waals surface area contributed by atoms with E-state index in [4.69, 9.17) is 25.8 Å². The molecule has 2 rings (SSSR count). The Kier molecular flexibility index (Phi) is 7.61. The molecular formula is C21H28ClNO3.